The lowest BCUT2D eigenvalue weighted by molar-refractivity contribution is -0.129. The van der Waals surface area contributed by atoms with Crippen LogP contribution in [-0.4, -0.2) is 11.9 Å². The summed E-state index contributed by atoms with van der Waals surface area (Å²) in [6, 6.07) is 25.5. The molecule has 1 aliphatic heterocycles. The number of benzene rings is 4. The molecule has 0 saturated heterocycles. The van der Waals surface area contributed by atoms with Crippen LogP contribution in [0.1, 0.15) is 11.1 Å². The molecule has 28 heavy (non-hydrogen) atoms. The minimum Gasteiger partial charge on any atom is -0.402 e. The van der Waals surface area contributed by atoms with Gasteiger partial charge < -0.3 is 4.74 Å². The number of hydrogen-bond donors (Lipinski definition) is 0. The molecule has 0 radical (unpaired) electrons. The molecule has 0 amide bonds. The maximum absolute atomic E-state index is 12.5. The fourth-order valence-corrected chi connectivity index (χ4v) is 3.72. The van der Waals surface area contributed by atoms with Gasteiger partial charge in [-0.1, -0.05) is 72.3 Å². The Morgan fingerprint density at radius 1 is 0.821 bits per heavy atom. The number of aliphatic imine (C=N–C) groups is 1. The predicted molar refractivity (Wildman–Crippen MR) is 114 cm³/mol. The summed E-state index contributed by atoms with van der Waals surface area (Å²) < 4.78 is 5.40. The first kappa shape index (κ1) is 16.7. The molecule has 0 bridgehead atoms. The van der Waals surface area contributed by atoms with Gasteiger partial charge >= 0.3 is 5.97 Å². The van der Waals surface area contributed by atoms with Crippen molar-refractivity contribution < 1.29 is 9.53 Å². The normalized spacial score (nSPS) is 15.2. The highest BCUT2D eigenvalue weighted by Gasteiger charge is 2.26. The summed E-state index contributed by atoms with van der Waals surface area (Å²) in [5.74, 6) is -0.252. The van der Waals surface area contributed by atoms with Crippen LogP contribution in [0, 0.1) is 0 Å². The molecule has 0 unspecified atom stereocenters. The van der Waals surface area contributed by atoms with Crippen molar-refractivity contribution in [2.45, 2.75) is 0 Å². The Labute approximate surface area is 166 Å². The Morgan fingerprint density at radius 3 is 2.11 bits per heavy atom. The van der Waals surface area contributed by atoms with Gasteiger partial charge in [0.1, 0.15) is 0 Å². The molecule has 0 fully saturated rings. The average molecular weight is 384 g/mol. The highest BCUT2D eigenvalue weighted by Crippen LogP contribution is 2.32. The number of rotatable bonds is 2. The largest absolute Gasteiger partial charge is 0.402 e. The Bertz CT molecular complexity index is 1270. The van der Waals surface area contributed by atoms with Crippen LogP contribution in [-0.2, 0) is 9.53 Å². The predicted octanol–water partition coefficient (Wildman–Crippen LogP) is 5.99. The zero-order chi connectivity index (χ0) is 19.1. The molecular weight excluding hydrogens is 370 g/mol. The standard InChI is InChI=1S/C24H14ClNO2/c25-21-12-6-5-11-19(21)23-26-22(24(27)28-23)14-20-17-9-3-1-7-15(17)13-16-8-2-4-10-18(16)20/h1-14H. The van der Waals surface area contributed by atoms with Gasteiger partial charge in [0.2, 0.25) is 5.90 Å². The van der Waals surface area contributed by atoms with Gasteiger partial charge in [-0.05, 0) is 51.4 Å². The summed E-state index contributed by atoms with van der Waals surface area (Å²) in [4.78, 5) is 16.9. The lowest BCUT2D eigenvalue weighted by Crippen LogP contribution is -2.05. The van der Waals surface area contributed by atoms with Gasteiger partial charge in [0, 0.05) is 0 Å². The number of carbonyl (C=O) groups excluding carboxylic acids is 1. The number of ether oxygens (including phenoxy) is 1. The van der Waals surface area contributed by atoms with Crippen molar-refractivity contribution in [3.05, 3.63) is 101 Å². The maximum Gasteiger partial charge on any atom is 0.363 e. The first-order chi connectivity index (χ1) is 13.7. The lowest BCUT2D eigenvalue weighted by Gasteiger charge is -2.08. The number of cyclic esters (lactones) is 1. The monoisotopic (exact) mass is 383 g/mol. The third-order valence-corrected chi connectivity index (χ3v) is 5.15. The quantitative estimate of drug-likeness (QED) is 0.242. The topological polar surface area (TPSA) is 38.7 Å². The number of halogens is 1. The van der Waals surface area contributed by atoms with E-state index in [1.165, 1.54) is 0 Å². The smallest absolute Gasteiger partial charge is 0.363 e. The molecule has 1 aliphatic rings. The Balaban J connectivity index is 1.73. The third kappa shape index (κ3) is 2.77. The summed E-state index contributed by atoms with van der Waals surface area (Å²) in [7, 11) is 0. The molecule has 0 aliphatic carbocycles. The molecule has 0 atom stereocenters. The highest BCUT2D eigenvalue weighted by atomic mass is 35.5. The van der Waals surface area contributed by atoms with E-state index in [4.69, 9.17) is 16.3 Å². The van der Waals surface area contributed by atoms with E-state index in [0.717, 1.165) is 27.1 Å². The zero-order valence-electron chi connectivity index (χ0n) is 14.7. The average Bonchev–Trinajstić information content (AvgIpc) is 3.08. The molecule has 4 heteroatoms. The van der Waals surface area contributed by atoms with E-state index in [9.17, 15) is 4.79 Å². The van der Waals surface area contributed by atoms with Gasteiger partial charge in [-0.2, -0.15) is 0 Å². The molecule has 0 spiro atoms. The fraction of sp³-hybridized carbons (Fsp3) is 0. The fourth-order valence-electron chi connectivity index (χ4n) is 3.50. The van der Waals surface area contributed by atoms with Crippen LogP contribution in [0.5, 0.6) is 0 Å². The highest BCUT2D eigenvalue weighted by molar-refractivity contribution is 6.34. The summed E-state index contributed by atoms with van der Waals surface area (Å²) >= 11 is 6.22. The molecule has 134 valence electrons. The Hall–Kier alpha value is -3.43. The molecule has 4 aromatic carbocycles. The van der Waals surface area contributed by atoms with Crippen LogP contribution in [0.2, 0.25) is 5.02 Å². The first-order valence-corrected chi connectivity index (χ1v) is 9.26. The minimum absolute atomic E-state index is 0.228. The second kappa shape index (κ2) is 6.63. The van der Waals surface area contributed by atoms with E-state index in [1.54, 1.807) is 18.2 Å². The number of nitrogens with zero attached hydrogens (tertiary/aromatic N) is 1. The number of carbonyl (C=O) groups is 1. The zero-order valence-corrected chi connectivity index (χ0v) is 15.5. The SMILES string of the molecule is O=C1OC(c2ccccc2Cl)=NC1=Cc1c2ccccc2cc2ccccc12. The Kier molecular flexibility index (Phi) is 3.96. The van der Waals surface area contributed by atoms with Crippen LogP contribution in [0.25, 0.3) is 27.6 Å². The van der Waals surface area contributed by atoms with Crippen molar-refractivity contribution in [1.82, 2.24) is 0 Å². The Morgan fingerprint density at radius 2 is 1.43 bits per heavy atom. The van der Waals surface area contributed by atoms with Gasteiger partial charge in [-0.3, -0.25) is 0 Å². The molecule has 0 N–H and O–H groups in total. The number of hydrogen-bond acceptors (Lipinski definition) is 3. The van der Waals surface area contributed by atoms with Crippen LogP contribution >= 0.6 is 11.6 Å². The second-order valence-corrected chi connectivity index (χ2v) is 6.96. The lowest BCUT2D eigenvalue weighted by atomic mass is 9.96. The van der Waals surface area contributed by atoms with E-state index in [1.807, 2.05) is 48.5 Å². The summed E-state index contributed by atoms with van der Waals surface area (Å²) in [5, 5.41) is 4.82. The van der Waals surface area contributed by atoms with Crippen molar-refractivity contribution in [3.63, 3.8) is 0 Å². The third-order valence-electron chi connectivity index (χ3n) is 4.82. The van der Waals surface area contributed by atoms with Crippen molar-refractivity contribution >= 4 is 51.1 Å². The van der Waals surface area contributed by atoms with Gasteiger partial charge in [-0.25, -0.2) is 9.79 Å². The minimum atomic E-state index is -0.480. The van der Waals surface area contributed by atoms with E-state index >= 15 is 0 Å². The van der Waals surface area contributed by atoms with E-state index < -0.39 is 5.97 Å². The van der Waals surface area contributed by atoms with Crippen LogP contribution in [0.3, 0.4) is 0 Å². The summed E-state index contributed by atoms with van der Waals surface area (Å²) in [5.41, 5.74) is 1.81. The van der Waals surface area contributed by atoms with Gasteiger partial charge in [-0.15, -0.1) is 0 Å². The van der Waals surface area contributed by atoms with Crippen molar-refractivity contribution in [1.29, 1.82) is 0 Å². The van der Waals surface area contributed by atoms with Gasteiger partial charge in [0.15, 0.2) is 5.70 Å². The van der Waals surface area contributed by atoms with E-state index in [2.05, 4.69) is 23.2 Å². The summed E-state index contributed by atoms with van der Waals surface area (Å²) in [6.07, 6.45) is 1.80. The maximum atomic E-state index is 12.5. The molecule has 5 rings (SSSR count). The number of fused-ring (bicyclic) bond motifs is 2. The van der Waals surface area contributed by atoms with Crippen LogP contribution in [0.15, 0.2) is 89.6 Å². The molecule has 0 saturated carbocycles. The molecule has 1 heterocycles. The van der Waals surface area contributed by atoms with Crippen molar-refractivity contribution in [2.75, 3.05) is 0 Å². The first-order valence-electron chi connectivity index (χ1n) is 8.89. The molecule has 4 aromatic rings. The van der Waals surface area contributed by atoms with Crippen molar-refractivity contribution in [2.24, 2.45) is 4.99 Å². The van der Waals surface area contributed by atoms with E-state index in [0.29, 0.717) is 10.6 Å². The molecule has 3 nitrogen and oxygen atoms in total. The van der Waals surface area contributed by atoms with Crippen LogP contribution < -0.4 is 0 Å². The molecule has 0 aromatic heterocycles. The van der Waals surface area contributed by atoms with Crippen LogP contribution in [0.4, 0.5) is 0 Å². The summed E-state index contributed by atoms with van der Waals surface area (Å²) in [6.45, 7) is 0. The van der Waals surface area contributed by atoms with Gasteiger partial charge in [0.05, 0.1) is 10.6 Å². The van der Waals surface area contributed by atoms with Crippen molar-refractivity contribution in [3.8, 4) is 0 Å². The van der Waals surface area contributed by atoms with Gasteiger partial charge in [0.25, 0.3) is 0 Å². The van der Waals surface area contributed by atoms with E-state index in [-0.39, 0.29) is 11.6 Å². The number of esters is 1. The molecular formula is C24H14ClNO2. The second-order valence-electron chi connectivity index (χ2n) is 6.55.